The molecule has 3 heteroatoms. The summed E-state index contributed by atoms with van der Waals surface area (Å²) < 4.78 is 6.72. The smallest absolute Gasteiger partial charge is 0.120 e. The Kier molecular flexibility index (Phi) is 6.60. The highest BCUT2D eigenvalue weighted by atomic mass is 79.9. The van der Waals surface area contributed by atoms with Crippen LogP contribution in [0.25, 0.3) is 0 Å². The number of nitrogens with two attached hydrogens (primary N) is 1. The lowest BCUT2D eigenvalue weighted by atomic mass is 10.1. The van der Waals surface area contributed by atoms with Crippen molar-refractivity contribution in [3.05, 3.63) is 28.2 Å². The van der Waals surface area contributed by atoms with E-state index in [1.54, 1.807) is 0 Å². The average Bonchev–Trinajstić information content (AvgIpc) is 2.28. The molecule has 0 radical (unpaired) electrons. The van der Waals surface area contributed by atoms with Crippen LogP contribution in [0.5, 0.6) is 5.75 Å². The quantitative estimate of drug-likeness (QED) is 0.756. The zero-order valence-electron chi connectivity index (χ0n) is 10.7. The zero-order valence-corrected chi connectivity index (χ0v) is 12.3. The third-order valence-corrected chi connectivity index (χ3v) is 3.42. The predicted molar refractivity (Wildman–Crippen MR) is 76.4 cm³/mol. The second kappa shape index (κ2) is 7.72. The number of halogens is 1. The molecular formula is C14H22BrNO. The third kappa shape index (κ3) is 5.09. The molecule has 0 aliphatic rings. The fraction of sp³-hybridized carbons (Fsp3) is 0.571. The monoisotopic (exact) mass is 299 g/mol. The molecule has 96 valence electrons. The Hall–Kier alpha value is -0.540. The Morgan fingerprint density at radius 1 is 1.29 bits per heavy atom. The van der Waals surface area contributed by atoms with E-state index in [4.69, 9.17) is 10.5 Å². The zero-order chi connectivity index (χ0) is 12.7. The minimum atomic E-state index is 0.0444. The normalized spacial score (nSPS) is 12.5. The second-order valence-electron chi connectivity index (χ2n) is 4.38. The van der Waals surface area contributed by atoms with E-state index in [9.17, 15) is 0 Å². The summed E-state index contributed by atoms with van der Waals surface area (Å²) in [6.45, 7) is 4.99. The first-order chi connectivity index (χ1) is 8.15. The summed E-state index contributed by atoms with van der Waals surface area (Å²) in [5.41, 5.74) is 6.96. The van der Waals surface area contributed by atoms with E-state index >= 15 is 0 Å². The van der Waals surface area contributed by atoms with Gasteiger partial charge in [0.2, 0.25) is 0 Å². The lowest BCUT2D eigenvalue weighted by molar-refractivity contribution is 0.305. The van der Waals surface area contributed by atoms with E-state index in [0.717, 1.165) is 28.8 Å². The van der Waals surface area contributed by atoms with Crippen molar-refractivity contribution in [2.24, 2.45) is 5.73 Å². The fourth-order valence-electron chi connectivity index (χ4n) is 1.69. The van der Waals surface area contributed by atoms with Crippen molar-refractivity contribution in [1.82, 2.24) is 0 Å². The molecule has 0 aliphatic carbocycles. The van der Waals surface area contributed by atoms with E-state index < -0.39 is 0 Å². The predicted octanol–water partition coefficient (Wildman–Crippen LogP) is 4.43. The molecule has 1 atom stereocenters. The van der Waals surface area contributed by atoms with Gasteiger partial charge in [-0.05, 0) is 31.0 Å². The van der Waals surface area contributed by atoms with E-state index in [-0.39, 0.29) is 6.04 Å². The summed E-state index contributed by atoms with van der Waals surface area (Å²) in [7, 11) is 0. The Bertz CT molecular complexity index is 339. The standard InChI is InChI=1S/C14H22BrNO/c1-3-4-5-6-9-17-12-7-8-13(11(2)16)14(15)10-12/h7-8,10-11H,3-6,9,16H2,1-2H3. The maximum absolute atomic E-state index is 5.85. The maximum Gasteiger partial charge on any atom is 0.120 e. The van der Waals surface area contributed by atoms with Gasteiger partial charge in [0.25, 0.3) is 0 Å². The van der Waals surface area contributed by atoms with E-state index in [0.29, 0.717) is 0 Å². The number of unbranched alkanes of at least 4 members (excludes halogenated alkanes) is 3. The van der Waals surface area contributed by atoms with Gasteiger partial charge in [-0.15, -0.1) is 0 Å². The lowest BCUT2D eigenvalue weighted by Gasteiger charge is -2.11. The van der Waals surface area contributed by atoms with Gasteiger partial charge in [0.1, 0.15) is 5.75 Å². The van der Waals surface area contributed by atoms with Crippen molar-refractivity contribution >= 4 is 15.9 Å². The molecule has 0 aromatic heterocycles. The van der Waals surface area contributed by atoms with Gasteiger partial charge in [-0.2, -0.15) is 0 Å². The van der Waals surface area contributed by atoms with Crippen LogP contribution >= 0.6 is 15.9 Å². The van der Waals surface area contributed by atoms with Crippen molar-refractivity contribution in [1.29, 1.82) is 0 Å². The largest absolute Gasteiger partial charge is 0.494 e. The molecule has 0 saturated heterocycles. The fourth-order valence-corrected chi connectivity index (χ4v) is 2.40. The van der Waals surface area contributed by atoms with Crippen molar-refractivity contribution in [3.63, 3.8) is 0 Å². The van der Waals surface area contributed by atoms with Crippen LogP contribution < -0.4 is 10.5 Å². The molecule has 17 heavy (non-hydrogen) atoms. The molecule has 0 heterocycles. The number of benzene rings is 1. The van der Waals surface area contributed by atoms with E-state index in [1.807, 2.05) is 25.1 Å². The van der Waals surface area contributed by atoms with Crippen LogP contribution in [0.4, 0.5) is 0 Å². The Morgan fingerprint density at radius 2 is 2.06 bits per heavy atom. The summed E-state index contributed by atoms with van der Waals surface area (Å²) >= 11 is 3.52. The first-order valence-corrected chi connectivity index (χ1v) is 7.12. The molecule has 2 N–H and O–H groups in total. The minimum Gasteiger partial charge on any atom is -0.494 e. The summed E-state index contributed by atoms with van der Waals surface area (Å²) in [5, 5.41) is 0. The third-order valence-electron chi connectivity index (χ3n) is 2.73. The molecule has 2 nitrogen and oxygen atoms in total. The molecule has 1 aromatic carbocycles. The number of hydrogen-bond donors (Lipinski definition) is 1. The van der Waals surface area contributed by atoms with Gasteiger partial charge in [-0.25, -0.2) is 0 Å². The molecule has 0 bridgehead atoms. The van der Waals surface area contributed by atoms with Gasteiger partial charge in [-0.1, -0.05) is 48.2 Å². The van der Waals surface area contributed by atoms with Gasteiger partial charge in [0.15, 0.2) is 0 Å². The number of ether oxygens (including phenoxy) is 1. The van der Waals surface area contributed by atoms with Gasteiger partial charge < -0.3 is 10.5 Å². The molecule has 0 fully saturated rings. The molecule has 0 spiro atoms. The van der Waals surface area contributed by atoms with Crippen molar-refractivity contribution in [2.75, 3.05) is 6.61 Å². The highest BCUT2D eigenvalue weighted by molar-refractivity contribution is 9.10. The summed E-state index contributed by atoms with van der Waals surface area (Å²) in [5.74, 6) is 0.915. The van der Waals surface area contributed by atoms with Gasteiger partial charge >= 0.3 is 0 Å². The van der Waals surface area contributed by atoms with Crippen LogP contribution in [-0.4, -0.2) is 6.61 Å². The highest BCUT2D eigenvalue weighted by Gasteiger charge is 2.05. The summed E-state index contributed by atoms with van der Waals surface area (Å²) in [4.78, 5) is 0. The topological polar surface area (TPSA) is 35.2 Å². The molecule has 0 aliphatic heterocycles. The average molecular weight is 300 g/mol. The van der Waals surface area contributed by atoms with Crippen LogP contribution in [0.2, 0.25) is 0 Å². The summed E-state index contributed by atoms with van der Waals surface area (Å²) in [6, 6.07) is 6.06. The molecule has 1 aromatic rings. The van der Waals surface area contributed by atoms with E-state index in [1.165, 1.54) is 19.3 Å². The SMILES string of the molecule is CCCCCCOc1ccc(C(C)N)c(Br)c1. The molecule has 1 unspecified atom stereocenters. The summed E-state index contributed by atoms with van der Waals surface area (Å²) in [6.07, 6.45) is 4.92. The highest BCUT2D eigenvalue weighted by Crippen LogP contribution is 2.26. The van der Waals surface area contributed by atoms with Crippen LogP contribution in [0.15, 0.2) is 22.7 Å². The molecule has 0 saturated carbocycles. The lowest BCUT2D eigenvalue weighted by Crippen LogP contribution is -2.06. The van der Waals surface area contributed by atoms with Crippen molar-refractivity contribution < 1.29 is 4.74 Å². The Balaban J connectivity index is 2.42. The molecule has 1 rings (SSSR count). The van der Waals surface area contributed by atoms with Crippen molar-refractivity contribution in [3.8, 4) is 5.75 Å². The molecular weight excluding hydrogens is 278 g/mol. The van der Waals surface area contributed by atoms with Gasteiger partial charge in [0, 0.05) is 10.5 Å². The Labute approximate surface area is 113 Å². The second-order valence-corrected chi connectivity index (χ2v) is 5.24. The van der Waals surface area contributed by atoms with Crippen LogP contribution in [0.3, 0.4) is 0 Å². The van der Waals surface area contributed by atoms with Crippen LogP contribution in [-0.2, 0) is 0 Å². The minimum absolute atomic E-state index is 0.0444. The number of rotatable bonds is 7. The van der Waals surface area contributed by atoms with Crippen molar-refractivity contribution in [2.45, 2.75) is 45.6 Å². The Morgan fingerprint density at radius 3 is 2.65 bits per heavy atom. The van der Waals surface area contributed by atoms with Gasteiger partial charge in [0.05, 0.1) is 6.61 Å². The molecule has 0 amide bonds. The van der Waals surface area contributed by atoms with E-state index in [2.05, 4.69) is 22.9 Å². The first kappa shape index (κ1) is 14.5. The van der Waals surface area contributed by atoms with Crippen LogP contribution in [0.1, 0.15) is 51.1 Å². The first-order valence-electron chi connectivity index (χ1n) is 6.33. The number of hydrogen-bond acceptors (Lipinski definition) is 2. The van der Waals surface area contributed by atoms with Crippen LogP contribution in [0, 0.1) is 0 Å². The van der Waals surface area contributed by atoms with Gasteiger partial charge in [-0.3, -0.25) is 0 Å². The maximum atomic E-state index is 5.85.